The molecule has 0 atom stereocenters. The van der Waals surface area contributed by atoms with Crippen molar-refractivity contribution < 1.29 is 4.79 Å². The lowest BCUT2D eigenvalue weighted by molar-refractivity contribution is 0.199. The van der Waals surface area contributed by atoms with Crippen LogP contribution < -0.4 is 5.32 Å². The monoisotopic (exact) mass is 192 g/mol. The van der Waals surface area contributed by atoms with Crippen molar-refractivity contribution in [1.82, 2.24) is 20.2 Å². The highest BCUT2D eigenvalue weighted by Gasteiger charge is 2.23. The van der Waals surface area contributed by atoms with Crippen LogP contribution in [0.3, 0.4) is 0 Å². The molecule has 74 valence electrons. The molecular formula is C9H12N4O. The van der Waals surface area contributed by atoms with Crippen LogP contribution in [0.2, 0.25) is 0 Å². The van der Waals surface area contributed by atoms with Crippen LogP contribution in [0.5, 0.6) is 0 Å². The first-order chi connectivity index (χ1) is 6.81. The van der Waals surface area contributed by atoms with Gasteiger partial charge in [-0.05, 0) is 6.92 Å². The first kappa shape index (κ1) is 8.93. The molecule has 1 aromatic rings. The molecule has 0 saturated heterocycles. The van der Waals surface area contributed by atoms with Crippen LogP contribution >= 0.6 is 0 Å². The number of aromatic nitrogens is 2. The average molecular weight is 192 g/mol. The van der Waals surface area contributed by atoms with Crippen LogP contribution in [0.1, 0.15) is 18.2 Å². The number of fused-ring (bicyclic) bond motifs is 1. The number of nitrogens with zero attached hydrogens (tertiary/aromatic N) is 3. The van der Waals surface area contributed by atoms with Gasteiger partial charge in [0.1, 0.15) is 6.33 Å². The number of hydrogen-bond acceptors (Lipinski definition) is 3. The number of amides is 2. The summed E-state index contributed by atoms with van der Waals surface area (Å²) < 4.78 is 0. The fourth-order valence-electron chi connectivity index (χ4n) is 1.51. The second-order valence-corrected chi connectivity index (χ2v) is 3.19. The average Bonchev–Trinajstić information content (AvgIpc) is 2.61. The standard InChI is InChI=1S/C9H12N4O/c1-2-11-9(14)13-4-7-3-10-6-12-8(7)5-13/h3,6H,2,4-5H2,1H3,(H,11,14). The number of urea groups is 1. The molecule has 2 amide bonds. The Bertz CT molecular complexity index is 327. The third-order valence-corrected chi connectivity index (χ3v) is 2.20. The van der Waals surface area contributed by atoms with Crippen molar-refractivity contribution in [2.45, 2.75) is 20.0 Å². The summed E-state index contributed by atoms with van der Waals surface area (Å²) >= 11 is 0. The van der Waals surface area contributed by atoms with Crippen LogP contribution in [0.15, 0.2) is 12.5 Å². The zero-order valence-electron chi connectivity index (χ0n) is 8.03. The first-order valence-electron chi connectivity index (χ1n) is 4.61. The molecule has 2 rings (SSSR count). The van der Waals surface area contributed by atoms with E-state index in [0.29, 0.717) is 19.6 Å². The molecule has 0 bridgehead atoms. The second-order valence-electron chi connectivity index (χ2n) is 3.19. The van der Waals surface area contributed by atoms with Crippen molar-refractivity contribution in [2.24, 2.45) is 0 Å². The molecule has 0 aliphatic carbocycles. The minimum absolute atomic E-state index is 0.0366. The van der Waals surface area contributed by atoms with Gasteiger partial charge in [0.15, 0.2) is 0 Å². The lowest BCUT2D eigenvalue weighted by Crippen LogP contribution is -2.36. The van der Waals surface area contributed by atoms with Gasteiger partial charge in [-0.1, -0.05) is 0 Å². The van der Waals surface area contributed by atoms with E-state index in [-0.39, 0.29) is 6.03 Å². The third-order valence-electron chi connectivity index (χ3n) is 2.20. The van der Waals surface area contributed by atoms with Gasteiger partial charge in [-0.2, -0.15) is 0 Å². The Hall–Kier alpha value is -1.65. The zero-order valence-corrected chi connectivity index (χ0v) is 8.03. The maximum absolute atomic E-state index is 11.5. The predicted octanol–water partition coefficient (Wildman–Crippen LogP) is 0.522. The van der Waals surface area contributed by atoms with Gasteiger partial charge in [-0.15, -0.1) is 0 Å². The Kier molecular flexibility index (Phi) is 2.30. The quantitative estimate of drug-likeness (QED) is 0.705. The van der Waals surface area contributed by atoms with E-state index in [1.807, 2.05) is 6.92 Å². The smallest absolute Gasteiger partial charge is 0.318 e. The molecular weight excluding hydrogens is 180 g/mol. The van der Waals surface area contributed by atoms with Crippen molar-refractivity contribution in [2.75, 3.05) is 6.54 Å². The summed E-state index contributed by atoms with van der Waals surface area (Å²) in [5.41, 5.74) is 1.99. The molecule has 0 unspecified atom stereocenters. The molecule has 1 aliphatic rings. The highest BCUT2D eigenvalue weighted by molar-refractivity contribution is 5.74. The van der Waals surface area contributed by atoms with E-state index in [1.54, 1.807) is 11.1 Å². The minimum Gasteiger partial charge on any atom is -0.338 e. The molecule has 0 saturated carbocycles. The Morgan fingerprint density at radius 2 is 2.50 bits per heavy atom. The van der Waals surface area contributed by atoms with E-state index in [4.69, 9.17) is 0 Å². The highest BCUT2D eigenvalue weighted by atomic mass is 16.2. The van der Waals surface area contributed by atoms with Crippen LogP contribution in [0.25, 0.3) is 0 Å². The molecule has 14 heavy (non-hydrogen) atoms. The molecule has 1 N–H and O–H groups in total. The van der Waals surface area contributed by atoms with Crippen LogP contribution in [0.4, 0.5) is 4.79 Å². The van der Waals surface area contributed by atoms with Gasteiger partial charge >= 0.3 is 6.03 Å². The van der Waals surface area contributed by atoms with Crippen molar-refractivity contribution in [3.8, 4) is 0 Å². The Balaban J connectivity index is 2.08. The summed E-state index contributed by atoms with van der Waals surface area (Å²) in [6.07, 6.45) is 3.28. The number of rotatable bonds is 1. The minimum atomic E-state index is -0.0366. The highest BCUT2D eigenvalue weighted by Crippen LogP contribution is 2.18. The topological polar surface area (TPSA) is 58.1 Å². The second kappa shape index (κ2) is 3.61. The molecule has 5 heteroatoms. The normalized spacial score (nSPS) is 13.9. The lowest BCUT2D eigenvalue weighted by atomic mass is 10.3. The Morgan fingerprint density at radius 3 is 3.21 bits per heavy atom. The van der Waals surface area contributed by atoms with E-state index in [0.717, 1.165) is 11.3 Å². The van der Waals surface area contributed by atoms with E-state index in [1.165, 1.54) is 6.33 Å². The third kappa shape index (κ3) is 1.53. The van der Waals surface area contributed by atoms with E-state index >= 15 is 0 Å². The maximum Gasteiger partial charge on any atom is 0.318 e. The zero-order chi connectivity index (χ0) is 9.97. The molecule has 0 spiro atoms. The van der Waals surface area contributed by atoms with Crippen LogP contribution in [0, 0.1) is 0 Å². The Morgan fingerprint density at radius 1 is 1.64 bits per heavy atom. The maximum atomic E-state index is 11.5. The van der Waals surface area contributed by atoms with Gasteiger partial charge in [0.2, 0.25) is 0 Å². The number of nitrogens with one attached hydrogen (secondary N) is 1. The first-order valence-corrected chi connectivity index (χ1v) is 4.61. The SMILES string of the molecule is CCNC(=O)N1Cc2cncnc2C1. The Labute approximate surface area is 82.2 Å². The largest absolute Gasteiger partial charge is 0.338 e. The van der Waals surface area contributed by atoms with Gasteiger partial charge in [0, 0.05) is 18.3 Å². The molecule has 0 radical (unpaired) electrons. The van der Waals surface area contributed by atoms with Gasteiger partial charge in [-0.25, -0.2) is 14.8 Å². The van der Waals surface area contributed by atoms with Crippen LogP contribution in [-0.4, -0.2) is 27.4 Å². The van der Waals surface area contributed by atoms with Crippen molar-refractivity contribution in [1.29, 1.82) is 0 Å². The van der Waals surface area contributed by atoms with Crippen LogP contribution in [-0.2, 0) is 13.1 Å². The summed E-state index contributed by atoms with van der Waals surface area (Å²) in [5.74, 6) is 0. The summed E-state index contributed by atoms with van der Waals surface area (Å²) in [5, 5.41) is 2.76. The van der Waals surface area contributed by atoms with E-state index in [9.17, 15) is 4.79 Å². The number of carbonyl (C=O) groups excluding carboxylic acids is 1. The summed E-state index contributed by atoms with van der Waals surface area (Å²) in [7, 11) is 0. The summed E-state index contributed by atoms with van der Waals surface area (Å²) in [4.78, 5) is 21.3. The van der Waals surface area contributed by atoms with E-state index < -0.39 is 0 Å². The fourth-order valence-corrected chi connectivity index (χ4v) is 1.51. The van der Waals surface area contributed by atoms with Crippen molar-refractivity contribution in [3.05, 3.63) is 23.8 Å². The molecule has 1 aromatic heterocycles. The molecule has 1 aliphatic heterocycles. The van der Waals surface area contributed by atoms with Gasteiger partial charge in [0.05, 0.1) is 18.8 Å². The molecule has 0 aromatic carbocycles. The molecule has 5 nitrogen and oxygen atoms in total. The fraction of sp³-hybridized carbons (Fsp3) is 0.444. The van der Waals surface area contributed by atoms with Crippen molar-refractivity contribution in [3.63, 3.8) is 0 Å². The molecule has 0 fully saturated rings. The number of hydrogen-bond donors (Lipinski definition) is 1. The van der Waals surface area contributed by atoms with Crippen molar-refractivity contribution >= 4 is 6.03 Å². The number of carbonyl (C=O) groups is 1. The van der Waals surface area contributed by atoms with Gasteiger partial charge in [-0.3, -0.25) is 0 Å². The van der Waals surface area contributed by atoms with Gasteiger partial charge < -0.3 is 10.2 Å². The predicted molar refractivity (Wildman–Crippen MR) is 50.4 cm³/mol. The van der Waals surface area contributed by atoms with E-state index in [2.05, 4.69) is 15.3 Å². The summed E-state index contributed by atoms with van der Waals surface area (Å²) in [6, 6.07) is -0.0366. The molecule has 2 heterocycles. The lowest BCUT2D eigenvalue weighted by Gasteiger charge is -2.14. The summed E-state index contributed by atoms with van der Waals surface area (Å²) in [6.45, 7) is 3.75. The van der Waals surface area contributed by atoms with Gasteiger partial charge in [0.25, 0.3) is 0 Å².